The molecule has 0 aliphatic heterocycles. The third-order valence-corrected chi connectivity index (χ3v) is 6.72. The van der Waals surface area contributed by atoms with Crippen LogP contribution in [-0.2, 0) is 13.1 Å². The molecule has 0 unspecified atom stereocenters. The highest BCUT2D eigenvalue weighted by molar-refractivity contribution is 7.99. The molecular formula is C24H26N8S. The lowest BCUT2D eigenvalue weighted by atomic mass is 10.0. The van der Waals surface area contributed by atoms with E-state index in [-0.39, 0.29) is 0 Å². The summed E-state index contributed by atoms with van der Waals surface area (Å²) in [7, 11) is 0. The lowest BCUT2D eigenvalue weighted by molar-refractivity contribution is 0.724. The predicted octanol–water partition coefficient (Wildman–Crippen LogP) is 4.88. The van der Waals surface area contributed by atoms with Crippen molar-refractivity contribution >= 4 is 22.9 Å². The summed E-state index contributed by atoms with van der Waals surface area (Å²) in [4.78, 5) is 9.50. The van der Waals surface area contributed by atoms with Gasteiger partial charge in [0.25, 0.3) is 0 Å². The number of imidazole rings is 1. The van der Waals surface area contributed by atoms with E-state index >= 15 is 0 Å². The maximum Gasteiger partial charge on any atom is 0.181 e. The molecule has 0 aliphatic carbocycles. The number of H-pyrrole nitrogens is 1. The summed E-state index contributed by atoms with van der Waals surface area (Å²) < 4.78 is 4.51. The fraction of sp³-hybridized carbons (Fsp3) is 0.292. The van der Waals surface area contributed by atoms with Crippen molar-refractivity contribution in [3.63, 3.8) is 0 Å². The Morgan fingerprint density at radius 2 is 1.85 bits per heavy atom. The van der Waals surface area contributed by atoms with Crippen molar-refractivity contribution in [1.29, 1.82) is 0 Å². The van der Waals surface area contributed by atoms with E-state index in [0.29, 0.717) is 5.82 Å². The van der Waals surface area contributed by atoms with E-state index in [4.69, 9.17) is 4.98 Å². The Morgan fingerprint density at radius 1 is 1.03 bits per heavy atom. The lowest BCUT2D eigenvalue weighted by Gasteiger charge is -2.12. The van der Waals surface area contributed by atoms with Gasteiger partial charge in [0.2, 0.25) is 0 Å². The molecule has 0 spiro atoms. The summed E-state index contributed by atoms with van der Waals surface area (Å²) >= 11 is 1.75. The van der Waals surface area contributed by atoms with Crippen LogP contribution in [0.2, 0.25) is 0 Å². The average molecular weight is 459 g/mol. The molecule has 0 amide bonds. The second-order valence-electron chi connectivity index (χ2n) is 7.95. The number of aromatic amines is 1. The molecule has 4 heterocycles. The first-order chi connectivity index (χ1) is 16.1. The van der Waals surface area contributed by atoms with E-state index in [1.54, 1.807) is 11.8 Å². The van der Waals surface area contributed by atoms with Gasteiger partial charge in [-0.2, -0.15) is 0 Å². The van der Waals surface area contributed by atoms with Gasteiger partial charge in [0, 0.05) is 24.0 Å². The van der Waals surface area contributed by atoms with Gasteiger partial charge in [-0.1, -0.05) is 43.0 Å². The number of aromatic nitrogens is 8. The zero-order valence-electron chi connectivity index (χ0n) is 19.2. The summed E-state index contributed by atoms with van der Waals surface area (Å²) in [5.41, 5.74) is 8.70. The van der Waals surface area contributed by atoms with Crippen LogP contribution in [0.15, 0.2) is 47.8 Å². The molecule has 0 aliphatic rings. The summed E-state index contributed by atoms with van der Waals surface area (Å²) in [5, 5.41) is 15.6. The third-order valence-electron chi connectivity index (χ3n) is 5.86. The van der Waals surface area contributed by atoms with E-state index in [9.17, 15) is 0 Å². The molecular weight excluding hydrogens is 432 g/mol. The van der Waals surface area contributed by atoms with E-state index in [0.717, 1.165) is 57.5 Å². The van der Waals surface area contributed by atoms with Crippen LogP contribution in [0.1, 0.15) is 30.7 Å². The zero-order chi connectivity index (χ0) is 22.9. The molecule has 4 aromatic heterocycles. The Morgan fingerprint density at radius 3 is 2.55 bits per heavy atom. The highest BCUT2D eigenvalue weighted by Gasteiger charge is 2.18. The van der Waals surface area contributed by atoms with Crippen LogP contribution < -0.4 is 0 Å². The molecule has 0 radical (unpaired) electrons. The summed E-state index contributed by atoms with van der Waals surface area (Å²) in [5.74, 6) is 1.64. The molecule has 1 aromatic carbocycles. The third kappa shape index (κ3) is 3.82. The number of rotatable bonds is 7. The number of hydrogen-bond donors (Lipinski definition) is 1. The summed E-state index contributed by atoms with van der Waals surface area (Å²) in [6.07, 6.45) is 1.86. The van der Waals surface area contributed by atoms with E-state index in [2.05, 4.69) is 92.8 Å². The highest BCUT2D eigenvalue weighted by atomic mass is 32.2. The summed E-state index contributed by atoms with van der Waals surface area (Å²) in [6, 6.07) is 12.9. The van der Waals surface area contributed by atoms with Crippen molar-refractivity contribution in [3.05, 3.63) is 59.4 Å². The average Bonchev–Trinajstić information content (AvgIpc) is 3.54. The molecule has 0 atom stereocenters. The Hall–Kier alpha value is -3.46. The number of benzene rings is 1. The van der Waals surface area contributed by atoms with Crippen LogP contribution in [0.25, 0.3) is 33.8 Å². The maximum atomic E-state index is 4.87. The van der Waals surface area contributed by atoms with E-state index in [1.165, 1.54) is 11.3 Å². The quantitative estimate of drug-likeness (QED) is 0.350. The van der Waals surface area contributed by atoms with Gasteiger partial charge in [0.05, 0.1) is 12.2 Å². The van der Waals surface area contributed by atoms with Crippen molar-refractivity contribution < 1.29 is 0 Å². The van der Waals surface area contributed by atoms with E-state index in [1.807, 2.05) is 12.3 Å². The topological polar surface area (TPSA) is 90.1 Å². The van der Waals surface area contributed by atoms with Gasteiger partial charge in [-0.05, 0) is 65.8 Å². The minimum Gasteiger partial charge on any atom is -0.345 e. The van der Waals surface area contributed by atoms with Gasteiger partial charge in [0.15, 0.2) is 16.6 Å². The zero-order valence-corrected chi connectivity index (χ0v) is 20.0. The minimum absolute atomic E-state index is 0.678. The molecule has 8 nitrogen and oxygen atoms in total. The number of nitrogens with zero attached hydrogens (tertiary/aromatic N) is 7. The van der Waals surface area contributed by atoms with Crippen LogP contribution in [0.5, 0.6) is 0 Å². The Bertz CT molecular complexity index is 1400. The number of tetrazole rings is 1. The van der Waals surface area contributed by atoms with E-state index < -0.39 is 0 Å². The van der Waals surface area contributed by atoms with Crippen molar-refractivity contribution in [2.24, 2.45) is 0 Å². The number of nitrogens with one attached hydrogen (secondary N) is 1. The Labute approximate surface area is 196 Å². The van der Waals surface area contributed by atoms with Crippen molar-refractivity contribution in [2.75, 3.05) is 5.75 Å². The molecule has 9 heteroatoms. The second kappa shape index (κ2) is 8.82. The van der Waals surface area contributed by atoms with Gasteiger partial charge in [-0.25, -0.2) is 15.1 Å². The Kier molecular flexibility index (Phi) is 5.72. The fourth-order valence-corrected chi connectivity index (χ4v) is 5.02. The SMILES string of the molecule is CCSc1nc2c(C)ccnc2n1Cc1ccc(-c2c(-c3nnn[nH]3)cc(C)n2CC)cc1. The van der Waals surface area contributed by atoms with Crippen LogP contribution in [0.4, 0.5) is 0 Å². The first kappa shape index (κ1) is 21.4. The largest absolute Gasteiger partial charge is 0.345 e. The lowest BCUT2D eigenvalue weighted by Crippen LogP contribution is -2.03. The molecule has 33 heavy (non-hydrogen) atoms. The Balaban J connectivity index is 1.53. The number of hydrogen-bond acceptors (Lipinski definition) is 6. The maximum absolute atomic E-state index is 4.87. The van der Waals surface area contributed by atoms with Gasteiger partial charge in [-0.3, -0.25) is 4.57 Å². The highest BCUT2D eigenvalue weighted by Crippen LogP contribution is 2.34. The predicted molar refractivity (Wildman–Crippen MR) is 131 cm³/mol. The molecule has 0 fully saturated rings. The molecule has 0 bridgehead atoms. The molecule has 1 N–H and O–H groups in total. The van der Waals surface area contributed by atoms with Crippen molar-refractivity contribution in [2.45, 2.75) is 45.9 Å². The number of fused-ring (bicyclic) bond motifs is 1. The van der Waals surface area contributed by atoms with Crippen molar-refractivity contribution in [3.8, 4) is 22.6 Å². The molecule has 0 saturated carbocycles. The van der Waals surface area contributed by atoms with Crippen LogP contribution >= 0.6 is 11.8 Å². The molecule has 0 saturated heterocycles. The molecule has 168 valence electrons. The van der Waals surface area contributed by atoms with Gasteiger partial charge in [-0.15, -0.1) is 5.10 Å². The standard InChI is InChI=1S/C24H26N8S/c1-5-31-16(4)13-19(22-27-29-30-28-22)21(31)18-9-7-17(8-10-18)14-32-23-20(15(3)11-12-25-23)26-24(32)33-6-2/h7-13H,5-6,14H2,1-4H3,(H,27,28,29,30). The fourth-order valence-electron chi connectivity index (χ4n) is 4.30. The number of pyridine rings is 1. The monoisotopic (exact) mass is 458 g/mol. The first-order valence-corrected chi connectivity index (χ1v) is 12.1. The minimum atomic E-state index is 0.678. The van der Waals surface area contributed by atoms with Gasteiger partial charge < -0.3 is 4.57 Å². The van der Waals surface area contributed by atoms with Crippen molar-refractivity contribution in [1.82, 2.24) is 39.7 Å². The smallest absolute Gasteiger partial charge is 0.181 e. The van der Waals surface area contributed by atoms with Gasteiger partial charge >= 0.3 is 0 Å². The second-order valence-corrected chi connectivity index (χ2v) is 9.18. The number of thioether (sulfide) groups is 1. The summed E-state index contributed by atoms with van der Waals surface area (Å²) in [6.45, 7) is 10.1. The van der Waals surface area contributed by atoms with Crippen LogP contribution in [0, 0.1) is 13.8 Å². The number of aryl methyl sites for hydroxylation is 2. The normalized spacial score (nSPS) is 11.5. The van der Waals surface area contributed by atoms with Gasteiger partial charge in [0.1, 0.15) is 5.52 Å². The van der Waals surface area contributed by atoms with Crippen LogP contribution in [-0.4, -0.2) is 45.5 Å². The first-order valence-electron chi connectivity index (χ1n) is 11.1. The molecule has 5 rings (SSSR count). The molecule has 5 aromatic rings. The van der Waals surface area contributed by atoms with Crippen LogP contribution in [0.3, 0.4) is 0 Å².